The van der Waals surface area contributed by atoms with Crippen LogP contribution in [0.3, 0.4) is 0 Å². The van der Waals surface area contributed by atoms with Crippen molar-refractivity contribution < 1.29 is 19.1 Å². The minimum absolute atomic E-state index is 0.0203. The summed E-state index contributed by atoms with van der Waals surface area (Å²) in [5.41, 5.74) is -1.28. The van der Waals surface area contributed by atoms with Crippen molar-refractivity contribution >= 4 is 14.4 Å². The van der Waals surface area contributed by atoms with Crippen molar-refractivity contribution in [3.8, 4) is 0 Å². The predicted octanol–water partition coefficient (Wildman–Crippen LogP) is 3.91. The number of likely N-dealkylation sites (tertiary alicyclic amines) is 1. The standard InChI is InChI=1S/C18H35NO4Si/c1-16(2,3)22-15(20)19-12-13(11-14(19)18(21)9-10-18)23-24(7,8)17(4,5)6/h13-14,21H,9-12H2,1-8H3/t13-,14+/m1/s1. The van der Waals surface area contributed by atoms with Crippen LogP contribution < -0.4 is 0 Å². The second-order valence-electron chi connectivity index (χ2n) is 9.99. The third-order valence-corrected chi connectivity index (χ3v) is 10.1. The highest BCUT2D eigenvalue weighted by atomic mass is 28.4. The van der Waals surface area contributed by atoms with Gasteiger partial charge in [-0.25, -0.2) is 4.79 Å². The van der Waals surface area contributed by atoms with Crippen LogP contribution in [-0.4, -0.2) is 54.3 Å². The van der Waals surface area contributed by atoms with Gasteiger partial charge in [0.2, 0.25) is 0 Å². The fourth-order valence-electron chi connectivity index (χ4n) is 2.97. The van der Waals surface area contributed by atoms with E-state index >= 15 is 0 Å². The number of amides is 1. The zero-order chi connectivity index (χ0) is 18.6. The van der Waals surface area contributed by atoms with Crippen LogP contribution in [0.25, 0.3) is 0 Å². The van der Waals surface area contributed by atoms with Crippen LogP contribution in [0.5, 0.6) is 0 Å². The van der Waals surface area contributed by atoms with Gasteiger partial charge in [0.15, 0.2) is 8.32 Å². The third kappa shape index (κ3) is 4.32. The molecule has 1 amide bonds. The summed E-state index contributed by atoms with van der Waals surface area (Å²) in [5, 5.41) is 10.8. The molecule has 1 heterocycles. The maximum absolute atomic E-state index is 12.6. The van der Waals surface area contributed by atoms with Crippen LogP contribution in [0.2, 0.25) is 18.1 Å². The SMILES string of the molecule is CC(C)(C)OC(=O)N1C[C@H](O[Si](C)(C)C(C)(C)C)C[C@H]1C1(O)CC1. The molecule has 6 heteroatoms. The average Bonchev–Trinajstić information content (AvgIpc) is 2.94. The zero-order valence-corrected chi connectivity index (χ0v) is 17.6. The van der Waals surface area contributed by atoms with E-state index in [4.69, 9.17) is 9.16 Å². The monoisotopic (exact) mass is 357 g/mol. The minimum Gasteiger partial charge on any atom is -0.444 e. The van der Waals surface area contributed by atoms with Crippen molar-refractivity contribution in [1.29, 1.82) is 0 Å². The van der Waals surface area contributed by atoms with Crippen LogP contribution in [0.15, 0.2) is 0 Å². The second-order valence-corrected chi connectivity index (χ2v) is 14.7. The summed E-state index contributed by atoms with van der Waals surface area (Å²) in [5.74, 6) is 0. The molecule has 0 unspecified atom stereocenters. The molecule has 2 atom stereocenters. The van der Waals surface area contributed by atoms with Gasteiger partial charge in [-0.3, -0.25) is 4.90 Å². The maximum atomic E-state index is 12.6. The van der Waals surface area contributed by atoms with Gasteiger partial charge in [-0.15, -0.1) is 0 Å². The first-order chi connectivity index (χ1) is 10.6. The van der Waals surface area contributed by atoms with E-state index in [1.54, 1.807) is 4.90 Å². The zero-order valence-electron chi connectivity index (χ0n) is 16.6. The molecule has 0 aromatic carbocycles. The van der Waals surface area contributed by atoms with E-state index in [1.807, 2.05) is 20.8 Å². The molecule has 5 nitrogen and oxygen atoms in total. The summed E-state index contributed by atoms with van der Waals surface area (Å²) in [7, 11) is -1.91. The summed E-state index contributed by atoms with van der Waals surface area (Å²) in [6, 6.07) is -0.192. The summed E-state index contributed by atoms with van der Waals surface area (Å²) in [6.45, 7) is 17.2. The van der Waals surface area contributed by atoms with Crippen molar-refractivity contribution in [2.24, 2.45) is 0 Å². The smallest absolute Gasteiger partial charge is 0.410 e. The van der Waals surface area contributed by atoms with Crippen LogP contribution in [0.1, 0.15) is 60.8 Å². The molecule has 24 heavy (non-hydrogen) atoms. The molecular weight excluding hydrogens is 322 g/mol. The topological polar surface area (TPSA) is 59.0 Å². The molecule has 1 saturated carbocycles. The van der Waals surface area contributed by atoms with Gasteiger partial charge >= 0.3 is 6.09 Å². The molecule has 0 spiro atoms. The van der Waals surface area contributed by atoms with E-state index in [0.717, 1.165) is 12.8 Å². The highest BCUT2D eigenvalue weighted by molar-refractivity contribution is 6.74. The van der Waals surface area contributed by atoms with Crippen molar-refractivity contribution in [2.45, 2.75) is 102 Å². The fourth-order valence-corrected chi connectivity index (χ4v) is 4.33. The van der Waals surface area contributed by atoms with E-state index in [-0.39, 0.29) is 23.3 Å². The molecule has 0 radical (unpaired) electrons. The molecule has 1 aliphatic heterocycles. The molecule has 140 valence electrons. The summed E-state index contributed by atoms with van der Waals surface area (Å²) in [4.78, 5) is 14.3. The highest BCUT2D eigenvalue weighted by Gasteiger charge is 2.56. The highest BCUT2D eigenvalue weighted by Crippen LogP contribution is 2.47. The van der Waals surface area contributed by atoms with Crippen molar-refractivity contribution in [1.82, 2.24) is 4.90 Å². The Morgan fingerprint density at radius 1 is 1.17 bits per heavy atom. The molecule has 2 fully saturated rings. The number of rotatable bonds is 3. The predicted molar refractivity (Wildman–Crippen MR) is 97.6 cm³/mol. The van der Waals surface area contributed by atoms with E-state index < -0.39 is 19.5 Å². The third-order valence-electron chi connectivity index (χ3n) is 5.54. The molecule has 0 bridgehead atoms. The number of nitrogens with zero attached hydrogens (tertiary/aromatic N) is 1. The molecule has 0 aromatic heterocycles. The first-order valence-corrected chi connectivity index (χ1v) is 12.0. The Labute approximate surface area is 147 Å². The minimum atomic E-state index is -1.91. The molecular formula is C18H35NO4Si. The lowest BCUT2D eigenvalue weighted by Crippen LogP contribution is -2.46. The second kappa shape index (κ2) is 5.99. The Morgan fingerprint density at radius 3 is 2.12 bits per heavy atom. The first kappa shape index (κ1) is 19.7. The number of aliphatic hydroxyl groups is 1. The normalized spacial score (nSPS) is 27.3. The number of ether oxygens (including phenoxy) is 1. The van der Waals surface area contributed by atoms with Gasteiger partial charge < -0.3 is 14.3 Å². The largest absolute Gasteiger partial charge is 0.444 e. The summed E-state index contributed by atoms with van der Waals surface area (Å²) < 4.78 is 12.1. The molecule has 1 saturated heterocycles. The summed E-state index contributed by atoms with van der Waals surface area (Å²) >= 11 is 0. The molecule has 2 rings (SSSR count). The van der Waals surface area contributed by atoms with Gasteiger partial charge in [0.05, 0.1) is 17.7 Å². The number of carbonyl (C=O) groups is 1. The van der Waals surface area contributed by atoms with Gasteiger partial charge in [-0.2, -0.15) is 0 Å². The molecule has 1 N–H and O–H groups in total. The van der Waals surface area contributed by atoms with Gasteiger partial charge in [0, 0.05) is 6.54 Å². The lowest BCUT2D eigenvalue weighted by molar-refractivity contribution is -0.00109. The van der Waals surface area contributed by atoms with Gasteiger partial charge in [0.1, 0.15) is 5.60 Å². The van der Waals surface area contributed by atoms with E-state index in [9.17, 15) is 9.90 Å². The van der Waals surface area contributed by atoms with Crippen LogP contribution in [0.4, 0.5) is 4.79 Å². The Bertz CT molecular complexity index is 488. The van der Waals surface area contributed by atoms with Crippen molar-refractivity contribution in [3.63, 3.8) is 0 Å². The van der Waals surface area contributed by atoms with Crippen LogP contribution in [0, 0.1) is 0 Å². The summed E-state index contributed by atoms with van der Waals surface area (Å²) in [6.07, 6.45) is 1.85. The van der Waals surface area contributed by atoms with Gasteiger partial charge in [-0.1, -0.05) is 20.8 Å². The maximum Gasteiger partial charge on any atom is 0.410 e. The Morgan fingerprint density at radius 2 is 1.71 bits per heavy atom. The lowest BCUT2D eigenvalue weighted by atomic mass is 10.1. The first-order valence-electron chi connectivity index (χ1n) is 9.04. The molecule has 1 aliphatic carbocycles. The van der Waals surface area contributed by atoms with E-state index in [1.165, 1.54) is 0 Å². The van der Waals surface area contributed by atoms with Crippen LogP contribution >= 0.6 is 0 Å². The Balaban J connectivity index is 2.12. The van der Waals surface area contributed by atoms with E-state index in [0.29, 0.717) is 13.0 Å². The Kier molecular flexibility index (Phi) is 4.92. The fraction of sp³-hybridized carbons (Fsp3) is 0.944. The van der Waals surface area contributed by atoms with Gasteiger partial charge in [0.25, 0.3) is 0 Å². The number of hydrogen-bond acceptors (Lipinski definition) is 4. The van der Waals surface area contributed by atoms with Crippen molar-refractivity contribution in [3.05, 3.63) is 0 Å². The van der Waals surface area contributed by atoms with Crippen LogP contribution in [-0.2, 0) is 9.16 Å². The Hall–Kier alpha value is -0.593. The molecule has 0 aromatic rings. The quantitative estimate of drug-likeness (QED) is 0.778. The van der Waals surface area contributed by atoms with Gasteiger partial charge in [-0.05, 0) is 58.2 Å². The van der Waals surface area contributed by atoms with E-state index in [2.05, 4.69) is 33.9 Å². The molecule has 2 aliphatic rings. The number of carbonyl (C=O) groups excluding carboxylic acids is 1. The average molecular weight is 358 g/mol. The lowest BCUT2D eigenvalue weighted by Gasteiger charge is -2.38. The van der Waals surface area contributed by atoms with Crippen molar-refractivity contribution in [2.75, 3.05) is 6.54 Å². The number of hydrogen-bond donors (Lipinski definition) is 1.